The van der Waals surface area contributed by atoms with Crippen LogP contribution >= 0.6 is 35.0 Å². The molecule has 2 aromatic carbocycles. The summed E-state index contributed by atoms with van der Waals surface area (Å²) >= 11 is 13.7. The third kappa shape index (κ3) is 3.70. The number of nitrogens with zero attached hydrogens (tertiary/aromatic N) is 3. The summed E-state index contributed by atoms with van der Waals surface area (Å²) in [5.74, 6) is 0.364. The van der Waals surface area contributed by atoms with Gasteiger partial charge >= 0.3 is 0 Å². The van der Waals surface area contributed by atoms with Gasteiger partial charge in [-0.15, -0.1) is 0 Å². The van der Waals surface area contributed by atoms with Gasteiger partial charge in [0.2, 0.25) is 0 Å². The van der Waals surface area contributed by atoms with Gasteiger partial charge in [-0.2, -0.15) is 0 Å². The number of hydrogen-bond acceptors (Lipinski definition) is 5. The van der Waals surface area contributed by atoms with Crippen LogP contribution in [0.25, 0.3) is 0 Å². The Hall–Kier alpha value is -2.09. The molecule has 0 aliphatic carbocycles. The van der Waals surface area contributed by atoms with Gasteiger partial charge in [-0.25, -0.2) is 4.99 Å². The average Bonchev–Trinajstić information content (AvgIpc) is 3.06. The lowest BCUT2D eigenvalue weighted by molar-refractivity contribution is -0.384. The Morgan fingerprint density at radius 2 is 2.04 bits per heavy atom. The van der Waals surface area contributed by atoms with E-state index in [4.69, 9.17) is 23.2 Å². The van der Waals surface area contributed by atoms with Gasteiger partial charge in [-0.1, -0.05) is 41.0 Å². The molecule has 0 aromatic heterocycles. The highest BCUT2D eigenvalue weighted by molar-refractivity contribution is 8.14. The van der Waals surface area contributed by atoms with Gasteiger partial charge in [0, 0.05) is 29.5 Å². The zero-order valence-electron chi connectivity index (χ0n) is 13.6. The lowest BCUT2D eigenvalue weighted by atomic mass is 10.2. The van der Waals surface area contributed by atoms with Gasteiger partial charge < -0.3 is 0 Å². The van der Waals surface area contributed by atoms with Gasteiger partial charge in [0.05, 0.1) is 21.2 Å². The molecular formula is C17H13Cl2N3O3S. The summed E-state index contributed by atoms with van der Waals surface area (Å²) < 4.78 is 0. The molecule has 1 aliphatic rings. The minimum Gasteiger partial charge on any atom is -0.286 e. The number of hydrogen-bond donors (Lipinski definition) is 0. The van der Waals surface area contributed by atoms with Crippen molar-refractivity contribution in [2.24, 2.45) is 4.99 Å². The lowest BCUT2D eigenvalue weighted by Crippen LogP contribution is -2.31. The predicted octanol–water partition coefficient (Wildman–Crippen LogP) is 5.09. The van der Waals surface area contributed by atoms with Crippen LogP contribution in [0.4, 0.5) is 11.4 Å². The average molecular weight is 410 g/mol. The van der Waals surface area contributed by atoms with Crippen LogP contribution in [0, 0.1) is 17.0 Å². The summed E-state index contributed by atoms with van der Waals surface area (Å²) in [6, 6.07) is 9.22. The number of aliphatic imine (C=N–C) groups is 1. The molecule has 0 N–H and O–H groups in total. The van der Waals surface area contributed by atoms with Crippen molar-refractivity contribution in [3.8, 4) is 0 Å². The number of carbonyl (C=O) groups is 1. The quantitative estimate of drug-likeness (QED) is 0.522. The fourth-order valence-electron chi connectivity index (χ4n) is 2.44. The molecule has 1 heterocycles. The fourth-order valence-corrected chi connectivity index (χ4v) is 3.81. The highest BCUT2D eigenvalue weighted by Crippen LogP contribution is 2.31. The van der Waals surface area contributed by atoms with Crippen molar-refractivity contribution >= 4 is 57.4 Å². The van der Waals surface area contributed by atoms with Crippen LogP contribution in [0.1, 0.15) is 15.9 Å². The summed E-state index contributed by atoms with van der Waals surface area (Å²) in [6.45, 7) is 2.34. The van der Waals surface area contributed by atoms with Gasteiger partial charge in [-0.3, -0.25) is 19.8 Å². The number of non-ortho nitro benzene ring substituents is 1. The molecule has 1 fully saturated rings. The Labute approximate surface area is 164 Å². The van der Waals surface area contributed by atoms with E-state index in [-0.39, 0.29) is 22.2 Å². The number of benzene rings is 2. The van der Waals surface area contributed by atoms with Crippen molar-refractivity contribution in [1.82, 2.24) is 4.90 Å². The molecule has 0 unspecified atom stereocenters. The maximum absolute atomic E-state index is 12.9. The maximum atomic E-state index is 12.9. The number of halogens is 2. The van der Waals surface area contributed by atoms with Crippen molar-refractivity contribution in [3.63, 3.8) is 0 Å². The standard InChI is InChI=1S/C17H13Cl2N3O3S/c1-10-13(18)3-2-4-15(10)20-17-21(7-8-26-17)16(23)12-6-5-11(22(24)25)9-14(12)19/h2-6,9H,7-8H2,1H3. The lowest BCUT2D eigenvalue weighted by Gasteiger charge is -2.17. The SMILES string of the molecule is Cc1c(Cl)cccc1N=C1SCCN1C(=O)c1ccc([N+](=O)[O-])cc1Cl. The largest absolute Gasteiger partial charge is 0.286 e. The third-order valence-electron chi connectivity index (χ3n) is 3.87. The normalized spacial score (nSPS) is 15.5. The molecule has 1 amide bonds. The van der Waals surface area contributed by atoms with E-state index in [1.54, 1.807) is 12.1 Å². The van der Waals surface area contributed by atoms with Gasteiger partial charge in [0.25, 0.3) is 11.6 Å². The Morgan fingerprint density at radius 3 is 2.73 bits per heavy atom. The Balaban J connectivity index is 1.93. The molecule has 0 spiro atoms. The Bertz CT molecular complexity index is 933. The summed E-state index contributed by atoms with van der Waals surface area (Å²) in [7, 11) is 0. The summed E-state index contributed by atoms with van der Waals surface area (Å²) in [5.41, 5.74) is 1.56. The molecule has 26 heavy (non-hydrogen) atoms. The number of thioether (sulfide) groups is 1. The Morgan fingerprint density at radius 1 is 1.27 bits per heavy atom. The number of carbonyl (C=O) groups excluding carboxylic acids is 1. The number of amides is 1. The molecule has 0 radical (unpaired) electrons. The molecule has 9 heteroatoms. The predicted molar refractivity (Wildman–Crippen MR) is 105 cm³/mol. The minimum atomic E-state index is -0.555. The second kappa shape index (κ2) is 7.65. The van der Waals surface area contributed by atoms with Crippen LogP contribution in [0.5, 0.6) is 0 Å². The first-order valence-corrected chi connectivity index (χ1v) is 9.35. The molecule has 6 nitrogen and oxygen atoms in total. The van der Waals surface area contributed by atoms with E-state index >= 15 is 0 Å². The van der Waals surface area contributed by atoms with Crippen molar-refractivity contribution < 1.29 is 9.72 Å². The first-order valence-electron chi connectivity index (χ1n) is 7.61. The van der Waals surface area contributed by atoms with Crippen LogP contribution in [0.2, 0.25) is 10.0 Å². The monoisotopic (exact) mass is 409 g/mol. The van der Waals surface area contributed by atoms with Crippen LogP contribution in [-0.4, -0.2) is 33.2 Å². The molecule has 3 rings (SSSR count). The maximum Gasteiger partial charge on any atom is 0.270 e. The topological polar surface area (TPSA) is 75.8 Å². The van der Waals surface area contributed by atoms with Crippen LogP contribution in [0.15, 0.2) is 41.4 Å². The van der Waals surface area contributed by atoms with Crippen molar-refractivity contribution in [2.75, 3.05) is 12.3 Å². The second-order valence-electron chi connectivity index (χ2n) is 5.50. The number of rotatable bonds is 3. The van der Waals surface area contributed by atoms with E-state index in [1.807, 2.05) is 13.0 Å². The second-order valence-corrected chi connectivity index (χ2v) is 7.38. The highest BCUT2D eigenvalue weighted by Gasteiger charge is 2.29. The minimum absolute atomic E-state index is 0.0411. The van der Waals surface area contributed by atoms with E-state index in [2.05, 4.69) is 4.99 Å². The van der Waals surface area contributed by atoms with Crippen LogP contribution in [-0.2, 0) is 0 Å². The number of amidine groups is 1. The molecule has 2 aromatic rings. The van der Waals surface area contributed by atoms with Crippen molar-refractivity contribution in [3.05, 3.63) is 67.7 Å². The van der Waals surface area contributed by atoms with Crippen LogP contribution in [0.3, 0.4) is 0 Å². The van der Waals surface area contributed by atoms with E-state index in [0.29, 0.717) is 28.2 Å². The number of nitro groups is 1. The molecular weight excluding hydrogens is 397 g/mol. The van der Waals surface area contributed by atoms with E-state index in [0.717, 1.165) is 5.56 Å². The fraction of sp³-hybridized carbons (Fsp3) is 0.176. The van der Waals surface area contributed by atoms with E-state index in [1.165, 1.54) is 34.9 Å². The van der Waals surface area contributed by atoms with Gasteiger partial charge in [0.15, 0.2) is 5.17 Å². The molecule has 0 bridgehead atoms. The first kappa shape index (κ1) is 18.7. The number of nitro benzene ring substituents is 1. The van der Waals surface area contributed by atoms with E-state index in [9.17, 15) is 14.9 Å². The van der Waals surface area contributed by atoms with Crippen molar-refractivity contribution in [2.45, 2.75) is 6.92 Å². The smallest absolute Gasteiger partial charge is 0.270 e. The Kier molecular flexibility index (Phi) is 5.50. The van der Waals surface area contributed by atoms with Crippen molar-refractivity contribution in [1.29, 1.82) is 0 Å². The van der Waals surface area contributed by atoms with Gasteiger partial charge in [0.1, 0.15) is 0 Å². The molecule has 0 saturated carbocycles. The van der Waals surface area contributed by atoms with Gasteiger partial charge in [-0.05, 0) is 30.7 Å². The molecule has 134 valence electrons. The first-order chi connectivity index (χ1) is 12.4. The van der Waals surface area contributed by atoms with E-state index < -0.39 is 4.92 Å². The molecule has 0 atom stereocenters. The zero-order chi connectivity index (χ0) is 18.8. The third-order valence-corrected chi connectivity index (χ3v) is 5.55. The zero-order valence-corrected chi connectivity index (χ0v) is 15.9. The molecule has 1 aliphatic heterocycles. The highest BCUT2D eigenvalue weighted by atomic mass is 35.5. The summed E-state index contributed by atoms with van der Waals surface area (Å²) in [6.07, 6.45) is 0. The summed E-state index contributed by atoms with van der Waals surface area (Å²) in [5, 5.41) is 12.0. The van der Waals surface area contributed by atoms with Crippen LogP contribution < -0.4 is 0 Å². The molecule has 1 saturated heterocycles. The summed E-state index contributed by atoms with van der Waals surface area (Å²) in [4.78, 5) is 29.2.